The SMILES string of the molecule is CCCC/C=C\CCCCCCCC(=O)OC(COC(=O)CCCCCCCCCCCCC)COC(=O)CCCCCCCCCCCCCCCCCCCCCCCCCC. The first-order chi connectivity index (χ1) is 31.5. The average Bonchev–Trinajstić information content (AvgIpc) is 3.29. The first-order valence-electron chi connectivity index (χ1n) is 28.7. The molecular formula is C58H110O6. The topological polar surface area (TPSA) is 78.9 Å². The van der Waals surface area contributed by atoms with Crippen LogP contribution in [0.1, 0.15) is 323 Å². The molecule has 0 radical (unpaired) electrons. The Morgan fingerprint density at radius 1 is 0.297 bits per heavy atom. The van der Waals surface area contributed by atoms with Gasteiger partial charge in [-0.1, -0.05) is 277 Å². The van der Waals surface area contributed by atoms with Gasteiger partial charge >= 0.3 is 17.9 Å². The maximum atomic E-state index is 12.8. The summed E-state index contributed by atoms with van der Waals surface area (Å²) >= 11 is 0. The fourth-order valence-electron chi connectivity index (χ4n) is 8.66. The monoisotopic (exact) mass is 903 g/mol. The maximum Gasteiger partial charge on any atom is 0.306 e. The molecule has 0 fully saturated rings. The quantitative estimate of drug-likeness (QED) is 0.0262. The Hall–Kier alpha value is -1.85. The van der Waals surface area contributed by atoms with Crippen molar-refractivity contribution in [2.45, 2.75) is 329 Å². The van der Waals surface area contributed by atoms with Crippen molar-refractivity contribution in [3.8, 4) is 0 Å². The number of hydrogen-bond acceptors (Lipinski definition) is 6. The van der Waals surface area contributed by atoms with E-state index in [9.17, 15) is 14.4 Å². The number of rotatable bonds is 53. The summed E-state index contributed by atoms with van der Waals surface area (Å²) in [4.78, 5) is 38.0. The summed E-state index contributed by atoms with van der Waals surface area (Å²) in [6.45, 7) is 6.63. The van der Waals surface area contributed by atoms with Crippen molar-refractivity contribution in [2.24, 2.45) is 0 Å². The highest BCUT2D eigenvalue weighted by Crippen LogP contribution is 2.17. The molecule has 0 N–H and O–H groups in total. The van der Waals surface area contributed by atoms with E-state index in [1.807, 2.05) is 0 Å². The summed E-state index contributed by atoms with van der Waals surface area (Å²) in [6, 6.07) is 0. The van der Waals surface area contributed by atoms with Gasteiger partial charge in [0, 0.05) is 19.3 Å². The second kappa shape index (κ2) is 53.8. The number of hydrogen-bond donors (Lipinski definition) is 0. The molecule has 6 nitrogen and oxygen atoms in total. The van der Waals surface area contributed by atoms with Crippen molar-refractivity contribution in [1.82, 2.24) is 0 Å². The zero-order chi connectivity index (χ0) is 46.5. The molecule has 0 aliphatic heterocycles. The fourth-order valence-corrected chi connectivity index (χ4v) is 8.66. The van der Waals surface area contributed by atoms with Crippen LogP contribution in [0.4, 0.5) is 0 Å². The minimum absolute atomic E-state index is 0.0680. The summed E-state index contributed by atoms with van der Waals surface area (Å²) in [7, 11) is 0. The van der Waals surface area contributed by atoms with Crippen LogP contribution in [0.25, 0.3) is 0 Å². The molecule has 0 aromatic carbocycles. The van der Waals surface area contributed by atoms with Crippen molar-refractivity contribution in [1.29, 1.82) is 0 Å². The molecule has 0 saturated carbocycles. The molecule has 1 atom stereocenters. The first kappa shape index (κ1) is 62.1. The molecule has 0 rings (SSSR count). The van der Waals surface area contributed by atoms with Crippen LogP contribution in [0.3, 0.4) is 0 Å². The average molecular weight is 904 g/mol. The van der Waals surface area contributed by atoms with E-state index >= 15 is 0 Å². The van der Waals surface area contributed by atoms with Crippen LogP contribution in [0.15, 0.2) is 12.2 Å². The molecule has 0 aromatic rings. The van der Waals surface area contributed by atoms with Crippen LogP contribution in [0.5, 0.6) is 0 Å². The lowest BCUT2D eigenvalue weighted by Crippen LogP contribution is -2.30. The summed E-state index contributed by atoms with van der Waals surface area (Å²) < 4.78 is 16.8. The highest BCUT2D eigenvalue weighted by Gasteiger charge is 2.19. The van der Waals surface area contributed by atoms with Gasteiger partial charge in [0.15, 0.2) is 6.10 Å². The van der Waals surface area contributed by atoms with E-state index in [-0.39, 0.29) is 31.1 Å². The van der Waals surface area contributed by atoms with Crippen molar-refractivity contribution in [2.75, 3.05) is 13.2 Å². The minimum Gasteiger partial charge on any atom is -0.462 e. The van der Waals surface area contributed by atoms with Gasteiger partial charge in [0.25, 0.3) is 0 Å². The molecule has 0 bridgehead atoms. The van der Waals surface area contributed by atoms with Crippen LogP contribution >= 0.6 is 0 Å². The third-order valence-electron chi connectivity index (χ3n) is 13.0. The van der Waals surface area contributed by atoms with Gasteiger partial charge in [-0.15, -0.1) is 0 Å². The Morgan fingerprint density at radius 3 is 0.828 bits per heavy atom. The van der Waals surface area contributed by atoms with E-state index in [2.05, 4.69) is 32.9 Å². The third-order valence-corrected chi connectivity index (χ3v) is 13.0. The van der Waals surface area contributed by atoms with Gasteiger partial charge < -0.3 is 14.2 Å². The molecule has 378 valence electrons. The van der Waals surface area contributed by atoms with Gasteiger partial charge in [0.1, 0.15) is 13.2 Å². The lowest BCUT2D eigenvalue weighted by molar-refractivity contribution is -0.167. The Kier molecular flexibility index (Phi) is 52.2. The Balaban J connectivity index is 4.13. The molecule has 0 aliphatic carbocycles. The zero-order valence-corrected chi connectivity index (χ0v) is 43.3. The van der Waals surface area contributed by atoms with Crippen molar-refractivity contribution in [3.63, 3.8) is 0 Å². The van der Waals surface area contributed by atoms with Gasteiger partial charge in [-0.25, -0.2) is 0 Å². The molecule has 6 heteroatoms. The van der Waals surface area contributed by atoms with Crippen LogP contribution in [-0.4, -0.2) is 37.2 Å². The second-order valence-electron chi connectivity index (χ2n) is 19.6. The second-order valence-corrected chi connectivity index (χ2v) is 19.6. The van der Waals surface area contributed by atoms with Crippen molar-refractivity contribution >= 4 is 17.9 Å². The lowest BCUT2D eigenvalue weighted by atomic mass is 10.0. The summed E-state index contributed by atoms with van der Waals surface area (Å²) in [5.74, 6) is -0.859. The van der Waals surface area contributed by atoms with Crippen molar-refractivity contribution in [3.05, 3.63) is 12.2 Å². The molecule has 0 heterocycles. The van der Waals surface area contributed by atoms with Gasteiger partial charge in [-0.05, 0) is 38.5 Å². The molecule has 0 amide bonds. The molecule has 0 aromatic heterocycles. The summed E-state index contributed by atoms with van der Waals surface area (Å²) in [5.41, 5.74) is 0. The van der Waals surface area contributed by atoms with Crippen LogP contribution < -0.4 is 0 Å². The van der Waals surface area contributed by atoms with E-state index in [0.717, 1.165) is 64.2 Å². The molecule has 64 heavy (non-hydrogen) atoms. The zero-order valence-electron chi connectivity index (χ0n) is 43.3. The molecular weight excluding hydrogens is 793 g/mol. The van der Waals surface area contributed by atoms with E-state index < -0.39 is 6.10 Å². The fraction of sp³-hybridized carbons (Fsp3) is 0.914. The number of esters is 3. The van der Waals surface area contributed by atoms with E-state index in [1.165, 1.54) is 218 Å². The minimum atomic E-state index is -0.767. The highest BCUT2D eigenvalue weighted by molar-refractivity contribution is 5.71. The number of ether oxygens (including phenoxy) is 3. The Labute approximate surface area is 399 Å². The highest BCUT2D eigenvalue weighted by atomic mass is 16.6. The maximum absolute atomic E-state index is 12.8. The Bertz CT molecular complexity index is 993. The summed E-state index contributed by atoms with van der Waals surface area (Å²) in [6.07, 6.45) is 60.8. The summed E-state index contributed by atoms with van der Waals surface area (Å²) in [5, 5.41) is 0. The van der Waals surface area contributed by atoms with Gasteiger partial charge in [-0.2, -0.15) is 0 Å². The van der Waals surface area contributed by atoms with E-state index in [0.29, 0.717) is 19.3 Å². The first-order valence-corrected chi connectivity index (χ1v) is 28.7. The molecule has 1 unspecified atom stereocenters. The number of carbonyl (C=O) groups excluding carboxylic acids is 3. The van der Waals surface area contributed by atoms with Crippen LogP contribution in [0.2, 0.25) is 0 Å². The number of carbonyl (C=O) groups is 3. The molecule has 0 saturated heterocycles. The predicted molar refractivity (Wildman–Crippen MR) is 275 cm³/mol. The number of allylic oxidation sites excluding steroid dienone is 2. The van der Waals surface area contributed by atoms with Gasteiger partial charge in [0.05, 0.1) is 0 Å². The van der Waals surface area contributed by atoms with E-state index in [1.54, 1.807) is 0 Å². The predicted octanol–water partition coefficient (Wildman–Crippen LogP) is 18.9. The Morgan fingerprint density at radius 2 is 0.531 bits per heavy atom. The number of unbranched alkanes of at least 4 members (excludes halogenated alkanes) is 40. The largest absolute Gasteiger partial charge is 0.462 e. The van der Waals surface area contributed by atoms with E-state index in [4.69, 9.17) is 14.2 Å². The molecule has 0 spiro atoms. The third kappa shape index (κ3) is 51.1. The molecule has 0 aliphatic rings. The normalized spacial score (nSPS) is 12.0. The van der Waals surface area contributed by atoms with Crippen LogP contribution in [-0.2, 0) is 28.6 Å². The lowest BCUT2D eigenvalue weighted by Gasteiger charge is -2.18. The van der Waals surface area contributed by atoms with Crippen molar-refractivity contribution < 1.29 is 28.6 Å². The van der Waals surface area contributed by atoms with Gasteiger partial charge in [-0.3, -0.25) is 14.4 Å². The van der Waals surface area contributed by atoms with Gasteiger partial charge in [0.2, 0.25) is 0 Å². The smallest absolute Gasteiger partial charge is 0.306 e. The standard InChI is InChI=1S/C58H110O6/c1-4-7-10-13-16-19-22-23-24-25-26-27-28-29-30-31-32-33-34-37-39-42-45-48-51-57(60)63-54-55(64-58(61)52-49-46-43-40-36-21-18-15-12-9-6-3)53-62-56(59)50-47-44-41-38-35-20-17-14-11-8-5-2/h15,18,55H,4-14,16-17,19-54H2,1-3H3/b18-15-. The van der Waals surface area contributed by atoms with Crippen LogP contribution in [0, 0.1) is 0 Å².